The second kappa shape index (κ2) is 6.43. The van der Waals surface area contributed by atoms with Crippen LogP contribution in [-0.2, 0) is 9.53 Å². The number of nitro groups is 1. The van der Waals surface area contributed by atoms with Gasteiger partial charge in [0.1, 0.15) is 5.60 Å². The highest BCUT2D eigenvalue weighted by Crippen LogP contribution is 2.32. The number of rotatable bonds is 5. The second-order valence-electron chi connectivity index (χ2n) is 5.39. The molecule has 1 aromatic carbocycles. The van der Waals surface area contributed by atoms with Gasteiger partial charge in [-0.15, -0.1) is 0 Å². The number of carbonyl (C=O) groups excluding carboxylic acids is 1. The van der Waals surface area contributed by atoms with Gasteiger partial charge in [-0.25, -0.2) is 4.79 Å². The minimum absolute atomic E-state index is 0.121. The molecular weight excluding hydrogens is 278 g/mol. The molecule has 0 saturated heterocycles. The lowest BCUT2D eigenvalue weighted by molar-refractivity contribution is -0.385. The molecule has 21 heavy (non-hydrogen) atoms. The Morgan fingerprint density at radius 3 is 2.38 bits per heavy atom. The van der Waals surface area contributed by atoms with Crippen molar-refractivity contribution < 1.29 is 23.9 Å². The van der Waals surface area contributed by atoms with E-state index in [-0.39, 0.29) is 17.2 Å². The van der Waals surface area contributed by atoms with E-state index >= 15 is 0 Å². The van der Waals surface area contributed by atoms with Gasteiger partial charge in [-0.3, -0.25) is 10.1 Å². The number of carbonyl (C=O) groups is 1. The number of benzene rings is 1. The lowest BCUT2D eigenvalue weighted by atomic mass is 10.2. The van der Waals surface area contributed by atoms with E-state index in [1.54, 1.807) is 20.8 Å². The first kappa shape index (κ1) is 16.7. The lowest BCUT2D eigenvalue weighted by Crippen LogP contribution is -2.33. The molecular formula is C14H19NO6. The highest BCUT2D eigenvalue weighted by molar-refractivity contribution is 5.75. The van der Waals surface area contributed by atoms with Gasteiger partial charge in [0, 0.05) is 6.07 Å². The molecule has 1 aromatic rings. The van der Waals surface area contributed by atoms with Crippen molar-refractivity contribution in [1.82, 2.24) is 0 Å². The van der Waals surface area contributed by atoms with E-state index < -0.39 is 22.6 Å². The lowest BCUT2D eigenvalue weighted by Gasteiger charge is -2.23. The van der Waals surface area contributed by atoms with Crippen molar-refractivity contribution in [2.24, 2.45) is 0 Å². The fraction of sp³-hybridized carbons (Fsp3) is 0.500. The first-order valence-corrected chi connectivity index (χ1v) is 6.36. The summed E-state index contributed by atoms with van der Waals surface area (Å²) in [6, 6.07) is 3.90. The molecule has 0 spiro atoms. The molecule has 7 nitrogen and oxygen atoms in total. The third kappa shape index (κ3) is 4.94. The maximum atomic E-state index is 11.8. The van der Waals surface area contributed by atoms with Gasteiger partial charge in [0.25, 0.3) is 5.69 Å². The monoisotopic (exact) mass is 297 g/mol. The molecule has 0 aliphatic rings. The Labute approximate surface area is 123 Å². The van der Waals surface area contributed by atoms with Gasteiger partial charge in [-0.1, -0.05) is 0 Å². The molecule has 0 saturated carbocycles. The highest BCUT2D eigenvalue weighted by Gasteiger charge is 2.24. The van der Waals surface area contributed by atoms with Crippen LogP contribution in [0.3, 0.4) is 0 Å². The smallest absolute Gasteiger partial charge is 0.347 e. The fourth-order valence-electron chi connectivity index (χ4n) is 1.49. The molecule has 0 aliphatic heterocycles. The molecule has 0 bridgehead atoms. The predicted molar refractivity (Wildman–Crippen MR) is 75.6 cm³/mol. The number of hydrogen-bond acceptors (Lipinski definition) is 6. The Bertz CT molecular complexity index is 535. The van der Waals surface area contributed by atoms with Crippen LogP contribution in [0.1, 0.15) is 27.7 Å². The summed E-state index contributed by atoms with van der Waals surface area (Å²) in [6.07, 6.45) is -0.861. The summed E-state index contributed by atoms with van der Waals surface area (Å²) in [7, 11) is 1.37. The van der Waals surface area contributed by atoms with Crippen LogP contribution in [0, 0.1) is 10.1 Å². The molecule has 0 aliphatic carbocycles. The summed E-state index contributed by atoms with van der Waals surface area (Å²) in [6.45, 7) is 6.80. The number of esters is 1. The quantitative estimate of drug-likeness (QED) is 0.471. The third-order valence-electron chi connectivity index (χ3n) is 2.40. The number of hydrogen-bond donors (Lipinski definition) is 0. The van der Waals surface area contributed by atoms with Crippen LogP contribution in [0.25, 0.3) is 0 Å². The highest BCUT2D eigenvalue weighted by atomic mass is 16.6. The number of non-ortho nitro benzene ring substituents is 1. The second-order valence-corrected chi connectivity index (χ2v) is 5.39. The number of nitrogens with zero attached hydrogens (tertiary/aromatic N) is 1. The minimum atomic E-state index is -0.861. The first-order valence-electron chi connectivity index (χ1n) is 6.36. The molecule has 1 rings (SSSR count). The zero-order valence-electron chi connectivity index (χ0n) is 12.7. The van der Waals surface area contributed by atoms with Crippen LogP contribution in [0.4, 0.5) is 5.69 Å². The summed E-state index contributed by atoms with van der Waals surface area (Å²) in [5, 5.41) is 10.7. The summed E-state index contributed by atoms with van der Waals surface area (Å²) in [4.78, 5) is 22.0. The normalized spacial score (nSPS) is 12.4. The van der Waals surface area contributed by atoms with Crippen LogP contribution in [0.5, 0.6) is 11.5 Å². The van der Waals surface area contributed by atoms with E-state index in [9.17, 15) is 14.9 Å². The van der Waals surface area contributed by atoms with Crippen LogP contribution in [0.2, 0.25) is 0 Å². The van der Waals surface area contributed by atoms with Gasteiger partial charge in [-0.2, -0.15) is 0 Å². The molecule has 1 unspecified atom stereocenters. The van der Waals surface area contributed by atoms with Crippen LogP contribution < -0.4 is 9.47 Å². The Morgan fingerprint density at radius 1 is 1.29 bits per heavy atom. The SMILES string of the molecule is COc1cc([N+](=O)[O-])ccc1OC(C)C(=O)OC(C)(C)C. The van der Waals surface area contributed by atoms with Gasteiger partial charge in [0.2, 0.25) is 0 Å². The fourth-order valence-corrected chi connectivity index (χ4v) is 1.49. The molecule has 1 atom stereocenters. The Morgan fingerprint density at radius 2 is 1.90 bits per heavy atom. The Hall–Kier alpha value is -2.31. The summed E-state index contributed by atoms with van der Waals surface area (Å²) >= 11 is 0. The van der Waals surface area contributed by atoms with E-state index in [4.69, 9.17) is 14.2 Å². The maximum Gasteiger partial charge on any atom is 0.347 e. The van der Waals surface area contributed by atoms with E-state index in [1.807, 2.05) is 0 Å². The van der Waals surface area contributed by atoms with Crippen molar-refractivity contribution in [1.29, 1.82) is 0 Å². The molecule has 7 heteroatoms. The molecule has 0 aromatic heterocycles. The summed E-state index contributed by atoms with van der Waals surface area (Å²) in [5.41, 5.74) is -0.738. The van der Waals surface area contributed by atoms with Gasteiger partial charge < -0.3 is 14.2 Å². The first-order chi connectivity index (χ1) is 9.64. The van der Waals surface area contributed by atoms with Crippen LogP contribution >= 0.6 is 0 Å². The molecule has 0 heterocycles. The standard InChI is InChI=1S/C14H19NO6/c1-9(13(16)21-14(2,3)4)20-11-7-6-10(15(17)18)8-12(11)19-5/h6-9H,1-5H3. The molecule has 0 fully saturated rings. The van der Waals surface area contributed by atoms with E-state index in [0.29, 0.717) is 0 Å². The van der Waals surface area contributed by atoms with Crippen molar-refractivity contribution >= 4 is 11.7 Å². The average molecular weight is 297 g/mol. The zero-order valence-corrected chi connectivity index (χ0v) is 12.7. The summed E-state index contributed by atoms with van der Waals surface area (Å²) < 4.78 is 15.7. The van der Waals surface area contributed by atoms with Gasteiger partial charge in [0.15, 0.2) is 17.6 Å². The van der Waals surface area contributed by atoms with E-state index in [2.05, 4.69) is 0 Å². The van der Waals surface area contributed by atoms with E-state index in [1.165, 1.54) is 32.2 Å². The number of methoxy groups -OCH3 is 1. The maximum absolute atomic E-state index is 11.8. The largest absolute Gasteiger partial charge is 0.493 e. The Balaban J connectivity index is 2.87. The minimum Gasteiger partial charge on any atom is -0.493 e. The van der Waals surface area contributed by atoms with Crippen LogP contribution in [0.15, 0.2) is 18.2 Å². The van der Waals surface area contributed by atoms with Crippen molar-refractivity contribution in [3.05, 3.63) is 28.3 Å². The number of ether oxygens (including phenoxy) is 3. The molecule has 0 N–H and O–H groups in total. The van der Waals surface area contributed by atoms with Gasteiger partial charge >= 0.3 is 5.97 Å². The Kier molecular flexibility index (Phi) is 5.12. The average Bonchev–Trinajstić information content (AvgIpc) is 2.36. The number of nitro benzene ring substituents is 1. The van der Waals surface area contributed by atoms with Crippen LogP contribution in [-0.4, -0.2) is 29.7 Å². The van der Waals surface area contributed by atoms with Crippen molar-refractivity contribution in [3.8, 4) is 11.5 Å². The molecule has 0 amide bonds. The van der Waals surface area contributed by atoms with Crippen molar-refractivity contribution in [3.63, 3.8) is 0 Å². The van der Waals surface area contributed by atoms with Gasteiger partial charge in [-0.05, 0) is 33.8 Å². The molecule has 0 radical (unpaired) electrons. The van der Waals surface area contributed by atoms with Gasteiger partial charge in [0.05, 0.1) is 18.1 Å². The summed E-state index contributed by atoms with van der Waals surface area (Å²) in [5.74, 6) is -0.107. The van der Waals surface area contributed by atoms with Crippen molar-refractivity contribution in [2.45, 2.75) is 39.4 Å². The third-order valence-corrected chi connectivity index (χ3v) is 2.40. The topological polar surface area (TPSA) is 87.9 Å². The molecule has 116 valence electrons. The predicted octanol–water partition coefficient (Wildman–Crippen LogP) is 2.71. The van der Waals surface area contributed by atoms with E-state index in [0.717, 1.165) is 0 Å². The zero-order chi connectivity index (χ0) is 16.2. The van der Waals surface area contributed by atoms with Crippen molar-refractivity contribution in [2.75, 3.05) is 7.11 Å².